The van der Waals surface area contributed by atoms with Crippen LogP contribution in [0.1, 0.15) is 48.1 Å². The zero-order valence-corrected chi connectivity index (χ0v) is 19.7. The Labute approximate surface area is 196 Å². The number of nitrogens with zero attached hydrogens (tertiary/aromatic N) is 4. The first kappa shape index (κ1) is 22.1. The topological polar surface area (TPSA) is 94.1 Å². The number of hydrogen-bond donors (Lipinski definition) is 0. The van der Waals surface area contributed by atoms with Gasteiger partial charge in [-0.25, -0.2) is 0 Å². The molecule has 1 aliphatic carbocycles. The van der Waals surface area contributed by atoms with E-state index in [9.17, 15) is 9.59 Å². The lowest BCUT2D eigenvalue weighted by Gasteiger charge is -2.20. The number of methoxy groups -OCH3 is 1. The quantitative estimate of drug-likeness (QED) is 0.583. The average molecular weight is 473 g/mol. The van der Waals surface area contributed by atoms with E-state index in [2.05, 4.69) is 10.2 Å². The first-order valence-electron chi connectivity index (χ1n) is 11.3. The van der Waals surface area contributed by atoms with Gasteiger partial charge in [0.15, 0.2) is 11.5 Å². The summed E-state index contributed by atoms with van der Waals surface area (Å²) < 4.78 is 17.0. The van der Waals surface area contributed by atoms with E-state index in [1.807, 2.05) is 18.2 Å². The number of rotatable bonds is 8. The number of benzene rings is 1. The number of carbonyl (C=O) groups excluding carboxylic acids is 2. The summed E-state index contributed by atoms with van der Waals surface area (Å²) in [7, 11) is 3.30. The molecule has 10 heteroatoms. The van der Waals surface area contributed by atoms with Crippen LogP contribution in [0, 0.1) is 0 Å². The maximum absolute atomic E-state index is 12.8. The molecule has 3 fully saturated rings. The van der Waals surface area contributed by atoms with Crippen LogP contribution < -0.4 is 14.4 Å². The van der Waals surface area contributed by atoms with Crippen molar-refractivity contribution >= 4 is 28.3 Å². The first-order valence-corrected chi connectivity index (χ1v) is 12.1. The Morgan fingerprint density at radius 3 is 2.82 bits per heavy atom. The van der Waals surface area contributed by atoms with Crippen LogP contribution >= 0.6 is 11.3 Å². The summed E-state index contributed by atoms with van der Waals surface area (Å²) in [6, 6.07) is 5.79. The van der Waals surface area contributed by atoms with E-state index in [0.717, 1.165) is 29.8 Å². The second kappa shape index (κ2) is 9.26. The smallest absolute Gasteiger partial charge is 0.248 e. The molecule has 2 amide bonds. The van der Waals surface area contributed by atoms with Crippen LogP contribution in [-0.4, -0.2) is 73.5 Å². The van der Waals surface area contributed by atoms with Crippen LogP contribution in [0.5, 0.6) is 11.5 Å². The average Bonchev–Trinajstić information content (AvgIpc) is 3.18. The molecule has 2 aromatic rings. The van der Waals surface area contributed by atoms with Crippen molar-refractivity contribution in [2.24, 2.45) is 0 Å². The van der Waals surface area contributed by atoms with E-state index in [1.165, 1.54) is 16.2 Å². The van der Waals surface area contributed by atoms with Crippen LogP contribution in [0.4, 0.5) is 5.13 Å². The van der Waals surface area contributed by atoms with Gasteiger partial charge in [0, 0.05) is 38.3 Å². The van der Waals surface area contributed by atoms with Gasteiger partial charge in [-0.2, -0.15) is 0 Å². The lowest BCUT2D eigenvalue weighted by molar-refractivity contribution is -0.132. The molecule has 5 rings (SSSR count). The van der Waals surface area contributed by atoms with Crippen LogP contribution in [0.15, 0.2) is 18.2 Å². The SMILES string of the molecule is COc1ccc(C2CC(=O)N(CC(=O)N(C)c3nnc(C4CC4)s3)C2)cc1O[C@@H]1CCOC1. The van der Waals surface area contributed by atoms with E-state index in [1.54, 1.807) is 19.1 Å². The van der Waals surface area contributed by atoms with Gasteiger partial charge >= 0.3 is 0 Å². The van der Waals surface area contributed by atoms with Crippen molar-refractivity contribution in [2.45, 2.75) is 43.6 Å². The molecule has 0 bridgehead atoms. The molecule has 1 aromatic heterocycles. The van der Waals surface area contributed by atoms with E-state index in [-0.39, 0.29) is 30.4 Å². The molecule has 9 nitrogen and oxygen atoms in total. The van der Waals surface area contributed by atoms with Crippen LogP contribution in [0.25, 0.3) is 0 Å². The third-order valence-corrected chi connectivity index (χ3v) is 7.56. The molecule has 0 spiro atoms. The minimum Gasteiger partial charge on any atom is -0.493 e. The van der Waals surface area contributed by atoms with Gasteiger partial charge in [-0.1, -0.05) is 17.4 Å². The largest absolute Gasteiger partial charge is 0.493 e. The second-order valence-corrected chi connectivity index (χ2v) is 9.83. The predicted molar refractivity (Wildman–Crippen MR) is 122 cm³/mol. The Balaban J connectivity index is 1.23. The number of likely N-dealkylation sites (N-methyl/N-ethyl adjacent to an activating group) is 1. The first-order chi connectivity index (χ1) is 16.0. The summed E-state index contributed by atoms with van der Waals surface area (Å²) in [5.74, 6) is 1.62. The van der Waals surface area contributed by atoms with Gasteiger partial charge in [-0.15, -0.1) is 10.2 Å². The minimum atomic E-state index is -0.164. The molecule has 1 saturated carbocycles. The molecule has 2 saturated heterocycles. The molecule has 1 aromatic carbocycles. The number of ether oxygens (including phenoxy) is 3. The summed E-state index contributed by atoms with van der Waals surface area (Å²) >= 11 is 1.46. The minimum absolute atomic E-state index is 0.00444. The Bertz CT molecular complexity index is 1030. The zero-order valence-electron chi connectivity index (χ0n) is 18.9. The summed E-state index contributed by atoms with van der Waals surface area (Å²) in [4.78, 5) is 28.7. The van der Waals surface area contributed by atoms with Crippen molar-refractivity contribution in [3.8, 4) is 11.5 Å². The van der Waals surface area contributed by atoms with E-state index in [4.69, 9.17) is 14.2 Å². The van der Waals surface area contributed by atoms with Gasteiger partial charge in [0.25, 0.3) is 0 Å². The van der Waals surface area contributed by atoms with Crippen molar-refractivity contribution in [3.63, 3.8) is 0 Å². The van der Waals surface area contributed by atoms with Crippen molar-refractivity contribution in [3.05, 3.63) is 28.8 Å². The summed E-state index contributed by atoms with van der Waals surface area (Å²) in [6.45, 7) is 1.78. The van der Waals surface area contributed by atoms with Crippen molar-refractivity contribution in [1.29, 1.82) is 0 Å². The summed E-state index contributed by atoms with van der Waals surface area (Å²) in [6.07, 6.45) is 3.49. The molecular formula is C23H28N4O5S. The molecule has 0 N–H and O–H groups in total. The summed E-state index contributed by atoms with van der Waals surface area (Å²) in [5, 5.41) is 9.93. The number of likely N-dealkylation sites (tertiary alicyclic amines) is 1. The fourth-order valence-corrected chi connectivity index (χ4v) is 5.20. The number of aromatic nitrogens is 2. The Kier molecular flexibility index (Phi) is 6.20. The van der Waals surface area contributed by atoms with Crippen LogP contribution in [0.3, 0.4) is 0 Å². The molecule has 33 heavy (non-hydrogen) atoms. The third-order valence-electron chi connectivity index (χ3n) is 6.40. The van der Waals surface area contributed by atoms with Crippen molar-refractivity contribution < 1.29 is 23.8 Å². The van der Waals surface area contributed by atoms with Crippen LogP contribution in [-0.2, 0) is 14.3 Å². The standard InChI is InChI=1S/C23H28N4O5S/c1-26(23-25-24-22(33-23)14-3-4-14)21(29)12-27-11-16(10-20(27)28)15-5-6-18(30-2)19(9-15)32-17-7-8-31-13-17/h5-6,9,14,16-17H,3-4,7-8,10-13H2,1-2H3/t16?,17-/m1/s1. The van der Waals surface area contributed by atoms with Crippen molar-refractivity contribution in [1.82, 2.24) is 15.1 Å². The highest BCUT2D eigenvalue weighted by atomic mass is 32.1. The zero-order chi connectivity index (χ0) is 22.9. The number of carbonyl (C=O) groups is 2. The van der Waals surface area contributed by atoms with Crippen LogP contribution in [0.2, 0.25) is 0 Å². The predicted octanol–water partition coefficient (Wildman–Crippen LogP) is 2.57. The molecule has 2 aliphatic heterocycles. The van der Waals surface area contributed by atoms with Crippen molar-refractivity contribution in [2.75, 3.05) is 45.4 Å². The molecule has 3 heterocycles. The lowest BCUT2D eigenvalue weighted by Crippen LogP contribution is -2.39. The molecule has 3 aliphatic rings. The molecule has 1 unspecified atom stereocenters. The Morgan fingerprint density at radius 2 is 2.09 bits per heavy atom. The van der Waals surface area contributed by atoms with E-state index >= 15 is 0 Å². The molecule has 2 atom stereocenters. The normalized spacial score (nSPS) is 22.6. The second-order valence-electron chi connectivity index (χ2n) is 8.84. The maximum atomic E-state index is 12.8. The van der Waals surface area contributed by atoms with E-state index in [0.29, 0.717) is 48.7 Å². The van der Waals surface area contributed by atoms with E-state index < -0.39 is 0 Å². The monoisotopic (exact) mass is 472 g/mol. The fraction of sp³-hybridized carbons (Fsp3) is 0.565. The highest BCUT2D eigenvalue weighted by Crippen LogP contribution is 2.42. The fourth-order valence-electron chi connectivity index (χ4n) is 4.21. The van der Waals surface area contributed by atoms with Gasteiger partial charge in [-0.3, -0.25) is 14.5 Å². The number of amides is 2. The molecule has 0 radical (unpaired) electrons. The number of anilines is 1. The Morgan fingerprint density at radius 1 is 1.24 bits per heavy atom. The molecular weight excluding hydrogens is 444 g/mol. The maximum Gasteiger partial charge on any atom is 0.248 e. The lowest BCUT2D eigenvalue weighted by atomic mass is 9.98. The van der Waals surface area contributed by atoms with Gasteiger partial charge < -0.3 is 19.1 Å². The van der Waals surface area contributed by atoms with Gasteiger partial charge in [0.05, 0.1) is 20.3 Å². The Hall–Kier alpha value is -2.72. The third kappa shape index (κ3) is 4.81. The van der Waals surface area contributed by atoms with Gasteiger partial charge in [-0.05, 0) is 30.5 Å². The molecule has 176 valence electrons. The number of hydrogen-bond acceptors (Lipinski definition) is 8. The van der Waals surface area contributed by atoms with Gasteiger partial charge in [0.2, 0.25) is 16.9 Å². The highest BCUT2D eigenvalue weighted by molar-refractivity contribution is 7.15. The highest BCUT2D eigenvalue weighted by Gasteiger charge is 2.34. The van der Waals surface area contributed by atoms with Gasteiger partial charge in [0.1, 0.15) is 17.7 Å². The summed E-state index contributed by atoms with van der Waals surface area (Å²) in [5.41, 5.74) is 1.000.